The summed E-state index contributed by atoms with van der Waals surface area (Å²) >= 11 is 0. The van der Waals surface area contributed by atoms with Crippen LogP contribution in [0.15, 0.2) is 22.8 Å². The van der Waals surface area contributed by atoms with E-state index in [9.17, 15) is 0 Å². The van der Waals surface area contributed by atoms with Crippen LogP contribution in [0, 0.1) is 0 Å². The lowest BCUT2D eigenvalue weighted by Gasteiger charge is -2.33. The van der Waals surface area contributed by atoms with Crippen molar-refractivity contribution in [3.63, 3.8) is 0 Å². The van der Waals surface area contributed by atoms with Gasteiger partial charge in [0.2, 0.25) is 0 Å². The largest absolute Gasteiger partial charge is 0.468 e. The van der Waals surface area contributed by atoms with Gasteiger partial charge in [0, 0.05) is 6.04 Å². The Bertz CT molecular complexity index is 323. The van der Waals surface area contributed by atoms with E-state index in [-0.39, 0.29) is 0 Å². The predicted molar refractivity (Wildman–Crippen MR) is 74.6 cm³/mol. The van der Waals surface area contributed by atoms with Crippen molar-refractivity contribution in [3.8, 4) is 0 Å². The van der Waals surface area contributed by atoms with Gasteiger partial charge in [-0.1, -0.05) is 6.42 Å². The van der Waals surface area contributed by atoms with E-state index in [1.165, 1.54) is 38.8 Å². The molecule has 18 heavy (non-hydrogen) atoms. The summed E-state index contributed by atoms with van der Waals surface area (Å²) in [6.45, 7) is 8.08. The summed E-state index contributed by atoms with van der Waals surface area (Å²) in [6.07, 6.45) is 7.11. The van der Waals surface area contributed by atoms with Crippen molar-refractivity contribution in [1.29, 1.82) is 0 Å². The fourth-order valence-corrected chi connectivity index (χ4v) is 2.73. The summed E-state index contributed by atoms with van der Waals surface area (Å²) in [5.74, 6) is 1.03. The third kappa shape index (κ3) is 3.85. The lowest BCUT2D eigenvalue weighted by Crippen LogP contribution is -2.39. The smallest absolute Gasteiger partial charge is 0.120 e. The quantitative estimate of drug-likeness (QED) is 0.786. The normalized spacial score (nSPS) is 23.1. The number of hydrogen-bond donors (Lipinski definition) is 1. The Morgan fingerprint density at radius 3 is 3.11 bits per heavy atom. The highest BCUT2D eigenvalue weighted by molar-refractivity contribution is 5.02. The maximum absolute atomic E-state index is 5.39. The molecule has 0 aliphatic carbocycles. The Morgan fingerprint density at radius 1 is 1.50 bits per heavy atom. The van der Waals surface area contributed by atoms with Crippen molar-refractivity contribution >= 4 is 0 Å². The second-order valence-corrected chi connectivity index (χ2v) is 5.43. The van der Waals surface area contributed by atoms with Crippen molar-refractivity contribution in [2.45, 2.75) is 51.6 Å². The molecule has 3 nitrogen and oxygen atoms in total. The van der Waals surface area contributed by atoms with Crippen LogP contribution in [0.1, 0.15) is 51.3 Å². The van der Waals surface area contributed by atoms with Gasteiger partial charge in [-0.25, -0.2) is 0 Å². The molecule has 3 heteroatoms. The molecule has 0 amide bonds. The second kappa shape index (κ2) is 6.95. The summed E-state index contributed by atoms with van der Waals surface area (Å²) < 4.78 is 5.39. The Hall–Kier alpha value is -0.800. The molecule has 2 unspecified atom stereocenters. The minimum Gasteiger partial charge on any atom is -0.468 e. The zero-order chi connectivity index (χ0) is 12.8. The zero-order valence-electron chi connectivity index (χ0n) is 11.7. The molecular formula is C15H26N2O. The van der Waals surface area contributed by atoms with Crippen LogP contribution in [0.2, 0.25) is 0 Å². The highest BCUT2D eigenvalue weighted by Gasteiger charge is 2.17. The zero-order valence-corrected chi connectivity index (χ0v) is 11.7. The third-order valence-electron chi connectivity index (χ3n) is 3.98. The van der Waals surface area contributed by atoms with Crippen molar-refractivity contribution in [3.05, 3.63) is 24.2 Å². The topological polar surface area (TPSA) is 28.4 Å². The van der Waals surface area contributed by atoms with Gasteiger partial charge in [-0.15, -0.1) is 0 Å². The van der Waals surface area contributed by atoms with E-state index in [0.717, 1.165) is 18.3 Å². The van der Waals surface area contributed by atoms with E-state index in [0.29, 0.717) is 6.04 Å². The molecule has 0 aromatic carbocycles. The van der Waals surface area contributed by atoms with E-state index in [2.05, 4.69) is 24.1 Å². The van der Waals surface area contributed by atoms with E-state index in [4.69, 9.17) is 4.42 Å². The van der Waals surface area contributed by atoms with E-state index >= 15 is 0 Å². The molecule has 102 valence electrons. The molecule has 1 N–H and O–H groups in total. The molecule has 1 aromatic rings. The van der Waals surface area contributed by atoms with Crippen LogP contribution in [-0.2, 0) is 0 Å². The molecule has 0 saturated carbocycles. The second-order valence-electron chi connectivity index (χ2n) is 5.43. The molecule has 0 bridgehead atoms. The van der Waals surface area contributed by atoms with Gasteiger partial charge in [0.05, 0.1) is 12.3 Å². The Morgan fingerprint density at radius 2 is 2.39 bits per heavy atom. The van der Waals surface area contributed by atoms with Crippen LogP contribution < -0.4 is 5.32 Å². The summed E-state index contributed by atoms with van der Waals surface area (Å²) in [5.41, 5.74) is 0. The van der Waals surface area contributed by atoms with Gasteiger partial charge in [0.1, 0.15) is 5.76 Å². The van der Waals surface area contributed by atoms with Gasteiger partial charge < -0.3 is 14.6 Å². The van der Waals surface area contributed by atoms with Crippen LogP contribution in [-0.4, -0.2) is 30.6 Å². The van der Waals surface area contributed by atoms with Crippen molar-refractivity contribution in [1.82, 2.24) is 10.2 Å². The average molecular weight is 250 g/mol. The first-order valence-electron chi connectivity index (χ1n) is 7.28. The molecule has 0 radical (unpaired) electrons. The summed E-state index contributed by atoms with van der Waals surface area (Å²) in [6, 6.07) is 5.08. The molecule has 1 saturated heterocycles. The number of nitrogens with zero attached hydrogens (tertiary/aromatic N) is 1. The number of likely N-dealkylation sites (tertiary alicyclic amines) is 1. The first kappa shape index (κ1) is 13.6. The molecule has 0 spiro atoms. The van der Waals surface area contributed by atoms with Gasteiger partial charge in [-0.05, 0) is 64.9 Å². The third-order valence-corrected chi connectivity index (χ3v) is 3.98. The number of rotatable bonds is 6. The van der Waals surface area contributed by atoms with Gasteiger partial charge in [-0.2, -0.15) is 0 Å². The average Bonchev–Trinajstić information content (AvgIpc) is 2.90. The monoisotopic (exact) mass is 250 g/mol. The van der Waals surface area contributed by atoms with Crippen molar-refractivity contribution in [2.24, 2.45) is 0 Å². The highest BCUT2D eigenvalue weighted by atomic mass is 16.3. The first-order valence-corrected chi connectivity index (χ1v) is 7.28. The van der Waals surface area contributed by atoms with Crippen LogP contribution in [0.5, 0.6) is 0 Å². The SMILES string of the molecule is CC(NCCCN1CCCCC1C)c1ccco1. The van der Waals surface area contributed by atoms with E-state index in [1.54, 1.807) is 6.26 Å². The minimum absolute atomic E-state index is 0.318. The lowest BCUT2D eigenvalue weighted by atomic mass is 10.0. The molecular weight excluding hydrogens is 224 g/mol. The minimum atomic E-state index is 0.318. The first-order chi connectivity index (χ1) is 8.77. The van der Waals surface area contributed by atoms with Crippen molar-refractivity contribution in [2.75, 3.05) is 19.6 Å². The Balaban J connectivity index is 1.61. The maximum atomic E-state index is 5.39. The summed E-state index contributed by atoms with van der Waals surface area (Å²) in [7, 11) is 0. The standard InChI is InChI=1S/C15H26N2O/c1-13-7-3-4-10-17(13)11-6-9-16-14(2)15-8-5-12-18-15/h5,8,12-14,16H,3-4,6-7,9-11H2,1-2H3. The van der Waals surface area contributed by atoms with Crippen molar-refractivity contribution < 1.29 is 4.42 Å². The number of furan rings is 1. The maximum Gasteiger partial charge on any atom is 0.120 e. The molecule has 1 aromatic heterocycles. The van der Waals surface area contributed by atoms with Gasteiger partial charge >= 0.3 is 0 Å². The highest BCUT2D eigenvalue weighted by Crippen LogP contribution is 2.16. The van der Waals surface area contributed by atoms with Crippen LogP contribution in [0.3, 0.4) is 0 Å². The molecule has 1 aliphatic heterocycles. The molecule has 2 rings (SSSR count). The number of nitrogens with one attached hydrogen (secondary N) is 1. The fourth-order valence-electron chi connectivity index (χ4n) is 2.73. The predicted octanol–water partition coefficient (Wildman–Crippen LogP) is 3.19. The van der Waals surface area contributed by atoms with Gasteiger partial charge in [-0.3, -0.25) is 0 Å². The Kier molecular flexibility index (Phi) is 5.26. The van der Waals surface area contributed by atoms with Gasteiger partial charge in [0.15, 0.2) is 0 Å². The number of hydrogen-bond acceptors (Lipinski definition) is 3. The van der Waals surface area contributed by atoms with Crippen LogP contribution in [0.25, 0.3) is 0 Å². The number of piperidine rings is 1. The lowest BCUT2D eigenvalue weighted by molar-refractivity contribution is 0.158. The van der Waals surface area contributed by atoms with Gasteiger partial charge in [0.25, 0.3) is 0 Å². The van der Waals surface area contributed by atoms with Crippen LogP contribution in [0.4, 0.5) is 0 Å². The summed E-state index contributed by atoms with van der Waals surface area (Å²) in [5, 5.41) is 3.52. The molecule has 2 atom stereocenters. The molecule has 1 fully saturated rings. The Labute approximate surface area is 111 Å². The van der Waals surface area contributed by atoms with E-state index in [1.807, 2.05) is 12.1 Å². The molecule has 2 heterocycles. The van der Waals surface area contributed by atoms with E-state index < -0.39 is 0 Å². The summed E-state index contributed by atoms with van der Waals surface area (Å²) in [4.78, 5) is 2.63. The fraction of sp³-hybridized carbons (Fsp3) is 0.733. The molecule has 1 aliphatic rings. The van der Waals surface area contributed by atoms with Crippen LogP contribution >= 0.6 is 0 Å².